The van der Waals surface area contributed by atoms with E-state index in [9.17, 15) is 13.2 Å². The second kappa shape index (κ2) is 6.43. The molecule has 1 amide bonds. The zero-order valence-electron chi connectivity index (χ0n) is 13.2. The average Bonchev–Trinajstić information content (AvgIpc) is 3.31. The standard InChI is InChI=1S/C16H12ClN3O3S3/c17-14-4-3-13(25-14)15-19-11(8-24-15)16(21)20-6-5-9-1-2-10(7-12(9)20)26(18,22)23/h1-4,7-8H,5-6H2,(H2,18,22,23). The number of hydrogen-bond donors (Lipinski definition) is 1. The van der Waals surface area contributed by atoms with Crippen LogP contribution in [0.5, 0.6) is 0 Å². The third-order valence-electron chi connectivity index (χ3n) is 4.03. The maximum Gasteiger partial charge on any atom is 0.277 e. The van der Waals surface area contributed by atoms with Gasteiger partial charge in [0.15, 0.2) is 0 Å². The second-order valence-corrected chi connectivity index (χ2v) is 9.82. The lowest BCUT2D eigenvalue weighted by Crippen LogP contribution is -2.29. The summed E-state index contributed by atoms with van der Waals surface area (Å²) in [4.78, 5) is 19.7. The van der Waals surface area contributed by atoms with Gasteiger partial charge in [0, 0.05) is 17.6 Å². The Morgan fingerprint density at radius 3 is 2.77 bits per heavy atom. The second-order valence-electron chi connectivity index (χ2n) is 5.68. The van der Waals surface area contributed by atoms with Crippen LogP contribution in [0.1, 0.15) is 16.1 Å². The molecule has 4 rings (SSSR count). The van der Waals surface area contributed by atoms with Crippen LogP contribution in [0, 0.1) is 0 Å². The van der Waals surface area contributed by atoms with E-state index in [2.05, 4.69) is 4.98 Å². The molecule has 6 nitrogen and oxygen atoms in total. The van der Waals surface area contributed by atoms with Gasteiger partial charge in [-0.25, -0.2) is 18.5 Å². The molecule has 26 heavy (non-hydrogen) atoms. The van der Waals surface area contributed by atoms with Crippen molar-refractivity contribution in [2.75, 3.05) is 11.4 Å². The molecule has 3 heterocycles. The van der Waals surface area contributed by atoms with Crippen LogP contribution in [0.3, 0.4) is 0 Å². The Kier molecular flexibility index (Phi) is 4.36. The van der Waals surface area contributed by atoms with Gasteiger partial charge in [-0.1, -0.05) is 17.7 Å². The van der Waals surface area contributed by atoms with E-state index < -0.39 is 10.0 Å². The zero-order valence-corrected chi connectivity index (χ0v) is 16.4. The Bertz CT molecular complexity index is 1120. The van der Waals surface area contributed by atoms with Crippen LogP contribution in [0.25, 0.3) is 9.88 Å². The van der Waals surface area contributed by atoms with Gasteiger partial charge in [0.25, 0.3) is 5.91 Å². The first-order chi connectivity index (χ1) is 12.3. The summed E-state index contributed by atoms with van der Waals surface area (Å²) in [5, 5.41) is 7.63. The molecule has 0 atom stereocenters. The number of primary sulfonamides is 1. The number of amides is 1. The first-order valence-electron chi connectivity index (χ1n) is 7.52. The molecule has 0 aliphatic carbocycles. The predicted octanol–water partition coefficient (Wildman–Crippen LogP) is 3.38. The molecule has 134 valence electrons. The molecule has 3 aromatic rings. The van der Waals surface area contributed by atoms with Crippen molar-refractivity contribution >= 4 is 55.9 Å². The molecular weight excluding hydrogens is 414 g/mol. The molecule has 0 bridgehead atoms. The molecule has 0 fully saturated rings. The van der Waals surface area contributed by atoms with E-state index in [1.54, 1.807) is 22.4 Å². The SMILES string of the molecule is NS(=O)(=O)c1ccc2c(c1)N(C(=O)c1csc(-c3ccc(Cl)s3)n1)CC2. The lowest BCUT2D eigenvalue weighted by molar-refractivity contribution is 0.0985. The average molecular weight is 426 g/mol. The zero-order chi connectivity index (χ0) is 18.5. The van der Waals surface area contributed by atoms with Crippen molar-refractivity contribution in [1.29, 1.82) is 0 Å². The lowest BCUT2D eigenvalue weighted by Gasteiger charge is -2.16. The number of nitrogens with zero attached hydrogens (tertiary/aromatic N) is 2. The van der Waals surface area contributed by atoms with E-state index in [0.29, 0.717) is 28.7 Å². The van der Waals surface area contributed by atoms with Crippen LogP contribution >= 0.6 is 34.3 Å². The lowest BCUT2D eigenvalue weighted by atomic mass is 10.2. The van der Waals surface area contributed by atoms with Crippen LogP contribution in [0.2, 0.25) is 4.34 Å². The third-order valence-corrected chi connectivity index (χ3v) is 7.19. The number of rotatable bonds is 3. The fourth-order valence-electron chi connectivity index (χ4n) is 2.80. The highest BCUT2D eigenvalue weighted by Gasteiger charge is 2.28. The summed E-state index contributed by atoms with van der Waals surface area (Å²) in [6.07, 6.45) is 0.656. The number of nitrogens with two attached hydrogens (primary N) is 1. The molecule has 0 saturated heterocycles. The van der Waals surface area contributed by atoms with Crippen LogP contribution in [-0.2, 0) is 16.4 Å². The number of thiophene rings is 1. The fourth-order valence-corrected chi connectivity index (χ4v) is 5.24. The van der Waals surface area contributed by atoms with Gasteiger partial charge in [-0.15, -0.1) is 22.7 Å². The van der Waals surface area contributed by atoms with Gasteiger partial charge in [0.05, 0.1) is 14.1 Å². The minimum absolute atomic E-state index is 0.0110. The Morgan fingerprint density at radius 2 is 2.08 bits per heavy atom. The van der Waals surface area contributed by atoms with Crippen molar-refractivity contribution in [2.24, 2.45) is 5.14 Å². The van der Waals surface area contributed by atoms with Crippen molar-refractivity contribution in [3.05, 3.63) is 51.3 Å². The highest BCUT2D eigenvalue weighted by Crippen LogP contribution is 2.35. The number of sulfonamides is 1. The molecule has 1 aromatic carbocycles. The Hall–Kier alpha value is -1.78. The molecule has 1 aliphatic rings. The van der Waals surface area contributed by atoms with Crippen molar-refractivity contribution < 1.29 is 13.2 Å². The summed E-state index contributed by atoms with van der Waals surface area (Å²) in [5.74, 6) is -0.263. The smallest absolute Gasteiger partial charge is 0.277 e. The van der Waals surface area contributed by atoms with Gasteiger partial charge < -0.3 is 4.90 Å². The normalized spacial score (nSPS) is 13.8. The molecule has 2 aromatic heterocycles. The van der Waals surface area contributed by atoms with Crippen molar-refractivity contribution in [3.8, 4) is 9.88 Å². The van der Waals surface area contributed by atoms with Crippen LogP contribution < -0.4 is 10.0 Å². The molecule has 0 unspecified atom stereocenters. The number of carbonyl (C=O) groups excluding carboxylic acids is 1. The number of thiazole rings is 1. The van der Waals surface area contributed by atoms with E-state index in [1.807, 2.05) is 6.07 Å². The van der Waals surface area contributed by atoms with Gasteiger partial charge in [0.1, 0.15) is 10.7 Å². The van der Waals surface area contributed by atoms with Crippen LogP contribution in [-0.4, -0.2) is 25.9 Å². The number of carbonyl (C=O) groups is 1. The topological polar surface area (TPSA) is 93.4 Å². The summed E-state index contributed by atoms with van der Waals surface area (Å²) in [5.41, 5.74) is 1.80. The van der Waals surface area contributed by atoms with Gasteiger partial charge in [0.2, 0.25) is 10.0 Å². The molecule has 10 heteroatoms. The van der Waals surface area contributed by atoms with Gasteiger partial charge in [-0.3, -0.25) is 4.79 Å². The maximum atomic E-state index is 12.9. The summed E-state index contributed by atoms with van der Waals surface area (Å²) >= 11 is 8.72. The van der Waals surface area contributed by atoms with E-state index in [0.717, 1.165) is 15.4 Å². The Labute approximate surface area is 162 Å². The number of fused-ring (bicyclic) bond motifs is 1. The van der Waals surface area contributed by atoms with Gasteiger partial charge in [-0.2, -0.15) is 0 Å². The van der Waals surface area contributed by atoms with Gasteiger partial charge >= 0.3 is 0 Å². The van der Waals surface area contributed by atoms with Crippen LogP contribution in [0.15, 0.2) is 40.6 Å². The number of benzene rings is 1. The summed E-state index contributed by atoms with van der Waals surface area (Å²) < 4.78 is 23.9. The molecule has 0 radical (unpaired) electrons. The largest absolute Gasteiger partial charge is 0.306 e. The Balaban J connectivity index is 1.66. The molecule has 1 aliphatic heterocycles. The van der Waals surface area contributed by atoms with Crippen LogP contribution in [0.4, 0.5) is 5.69 Å². The summed E-state index contributed by atoms with van der Waals surface area (Å²) in [6, 6.07) is 8.26. The predicted molar refractivity (Wildman–Crippen MR) is 104 cm³/mol. The highest BCUT2D eigenvalue weighted by atomic mass is 35.5. The highest BCUT2D eigenvalue weighted by molar-refractivity contribution is 7.89. The fraction of sp³-hybridized carbons (Fsp3) is 0.125. The summed E-state index contributed by atoms with van der Waals surface area (Å²) in [6.45, 7) is 0.472. The molecule has 2 N–H and O–H groups in total. The minimum atomic E-state index is -3.83. The third kappa shape index (κ3) is 3.17. The monoisotopic (exact) mass is 425 g/mol. The number of halogens is 1. The van der Waals surface area contributed by atoms with Crippen molar-refractivity contribution in [1.82, 2.24) is 4.98 Å². The first-order valence-corrected chi connectivity index (χ1v) is 11.1. The van der Waals surface area contributed by atoms with E-state index in [1.165, 1.54) is 34.8 Å². The first kappa shape index (κ1) is 17.6. The number of aromatic nitrogens is 1. The number of anilines is 1. The number of hydrogen-bond acceptors (Lipinski definition) is 6. The Morgan fingerprint density at radius 1 is 1.27 bits per heavy atom. The molecule has 0 saturated carbocycles. The molecular formula is C16H12ClN3O3S3. The van der Waals surface area contributed by atoms with E-state index in [4.69, 9.17) is 16.7 Å². The van der Waals surface area contributed by atoms with E-state index in [-0.39, 0.29) is 10.8 Å². The van der Waals surface area contributed by atoms with Crippen molar-refractivity contribution in [2.45, 2.75) is 11.3 Å². The molecule has 0 spiro atoms. The quantitative estimate of drug-likeness (QED) is 0.696. The maximum absolute atomic E-state index is 12.9. The van der Waals surface area contributed by atoms with E-state index >= 15 is 0 Å². The van der Waals surface area contributed by atoms with Crippen molar-refractivity contribution in [3.63, 3.8) is 0 Å². The minimum Gasteiger partial charge on any atom is -0.306 e. The summed E-state index contributed by atoms with van der Waals surface area (Å²) in [7, 11) is -3.83. The van der Waals surface area contributed by atoms with Gasteiger partial charge in [-0.05, 0) is 36.2 Å².